The molecule has 4 nitrogen and oxygen atoms in total. The quantitative estimate of drug-likeness (QED) is 0.149. The highest BCUT2D eigenvalue weighted by Gasteiger charge is 2.18. The van der Waals surface area contributed by atoms with Gasteiger partial charge in [-0.1, -0.05) is 131 Å². The van der Waals surface area contributed by atoms with Crippen LogP contribution in [0, 0.1) is 0 Å². The second kappa shape index (κ2) is 15.4. The van der Waals surface area contributed by atoms with Crippen LogP contribution in [0.5, 0.6) is 0 Å². The molecule has 0 aliphatic heterocycles. The van der Waals surface area contributed by atoms with Crippen molar-refractivity contribution in [3.8, 4) is 22.6 Å². The highest BCUT2D eigenvalue weighted by atomic mass is 16.5. The fourth-order valence-electron chi connectivity index (χ4n) is 5.36. The normalized spacial score (nSPS) is 12.9. The Labute approximate surface area is 235 Å². The molecule has 39 heavy (non-hydrogen) atoms. The zero-order chi connectivity index (χ0) is 27.3. The van der Waals surface area contributed by atoms with E-state index in [0.717, 1.165) is 37.2 Å². The fourth-order valence-corrected chi connectivity index (χ4v) is 5.36. The Hall–Kier alpha value is -3.24. The van der Waals surface area contributed by atoms with Gasteiger partial charge in [-0.2, -0.15) is 4.98 Å². The van der Waals surface area contributed by atoms with Crippen molar-refractivity contribution in [1.82, 2.24) is 15.5 Å². The molecular formula is C35H45N3O. The van der Waals surface area contributed by atoms with Crippen LogP contribution in [0.25, 0.3) is 22.6 Å². The first-order valence-electron chi connectivity index (χ1n) is 15.0. The molecule has 0 aliphatic rings. The van der Waals surface area contributed by atoms with Crippen molar-refractivity contribution >= 4 is 0 Å². The van der Waals surface area contributed by atoms with E-state index in [2.05, 4.69) is 110 Å². The summed E-state index contributed by atoms with van der Waals surface area (Å²) in [6, 6.07) is 28.3. The largest absolute Gasteiger partial charge is 0.334 e. The minimum Gasteiger partial charge on any atom is -0.334 e. The highest BCUT2D eigenvalue weighted by Crippen LogP contribution is 2.28. The van der Waals surface area contributed by atoms with E-state index in [9.17, 15) is 0 Å². The monoisotopic (exact) mass is 523 g/mol. The number of nitrogens with zero attached hydrogens (tertiary/aromatic N) is 2. The van der Waals surface area contributed by atoms with E-state index in [1.54, 1.807) is 0 Å². The highest BCUT2D eigenvalue weighted by molar-refractivity contribution is 5.64. The van der Waals surface area contributed by atoms with Gasteiger partial charge in [0.05, 0.1) is 0 Å². The lowest BCUT2D eigenvalue weighted by molar-refractivity contribution is 0.408. The summed E-state index contributed by atoms with van der Waals surface area (Å²) in [5, 5.41) is 8.05. The van der Waals surface area contributed by atoms with Gasteiger partial charge in [0, 0.05) is 17.5 Å². The molecule has 0 fully saturated rings. The molecule has 0 spiro atoms. The fraction of sp³-hybridized carbons (Fsp3) is 0.429. The third kappa shape index (κ3) is 8.37. The van der Waals surface area contributed by atoms with Gasteiger partial charge in [0.15, 0.2) is 5.82 Å². The lowest BCUT2D eigenvalue weighted by atomic mass is 9.95. The summed E-state index contributed by atoms with van der Waals surface area (Å²) in [5.41, 5.74) is 6.07. The van der Waals surface area contributed by atoms with Crippen LogP contribution in [0.4, 0.5) is 0 Å². The van der Waals surface area contributed by atoms with E-state index in [-0.39, 0.29) is 6.04 Å². The van der Waals surface area contributed by atoms with E-state index >= 15 is 0 Å². The molecule has 0 aliphatic carbocycles. The van der Waals surface area contributed by atoms with Crippen LogP contribution >= 0.6 is 0 Å². The Morgan fingerprint density at radius 1 is 0.744 bits per heavy atom. The van der Waals surface area contributed by atoms with Crippen LogP contribution in [0.3, 0.4) is 0 Å². The van der Waals surface area contributed by atoms with Crippen molar-refractivity contribution < 1.29 is 4.52 Å². The minimum absolute atomic E-state index is 0.232. The van der Waals surface area contributed by atoms with E-state index in [4.69, 9.17) is 9.51 Å². The van der Waals surface area contributed by atoms with Gasteiger partial charge in [0.25, 0.3) is 5.89 Å². The van der Waals surface area contributed by atoms with Crippen LogP contribution in [-0.2, 0) is 6.42 Å². The zero-order valence-electron chi connectivity index (χ0n) is 24.0. The molecule has 0 radical (unpaired) electrons. The topological polar surface area (TPSA) is 51.0 Å². The lowest BCUT2D eigenvalue weighted by Crippen LogP contribution is -2.22. The molecule has 0 saturated carbocycles. The van der Waals surface area contributed by atoms with Gasteiger partial charge in [-0.15, -0.1) is 0 Å². The summed E-state index contributed by atoms with van der Waals surface area (Å²) in [4.78, 5) is 4.80. The van der Waals surface area contributed by atoms with Crippen molar-refractivity contribution in [3.63, 3.8) is 0 Å². The van der Waals surface area contributed by atoms with Gasteiger partial charge in [0.1, 0.15) is 0 Å². The van der Waals surface area contributed by atoms with Crippen molar-refractivity contribution in [1.29, 1.82) is 0 Å². The predicted octanol–water partition coefficient (Wildman–Crippen LogP) is 9.54. The number of hydrogen-bond donors (Lipinski definition) is 1. The van der Waals surface area contributed by atoms with Crippen molar-refractivity contribution in [2.45, 2.75) is 90.5 Å². The summed E-state index contributed by atoms with van der Waals surface area (Å²) in [7, 11) is 0. The second-order valence-electron chi connectivity index (χ2n) is 10.6. The molecule has 2 unspecified atom stereocenters. The third-order valence-electron chi connectivity index (χ3n) is 7.69. The number of likely N-dealkylation sites (N-methyl/N-ethyl adjacent to an activating group) is 1. The number of unbranched alkanes of at least 4 members (excludes halogenated alkanes) is 5. The lowest BCUT2D eigenvalue weighted by Gasteiger charge is -2.19. The number of benzene rings is 3. The van der Waals surface area contributed by atoms with Crippen molar-refractivity contribution in [2.24, 2.45) is 0 Å². The Kier molecular flexibility index (Phi) is 11.3. The minimum atomic E-state index is 0.232. The zero-order valence-corrected chi connectivity index (χ0v) is 24.0. The third-order valence-corrected chi connectivity index (χ3v) is 7.69. The summed E-state index contributed by atoms with van der Waals surface area (Å²) >= 11 is 0. The van der Waals surface area contributed by atoms with E-state index in [1.165, 1.54) is 60.8 Å². The van der Waals surface area contributed by atoms with E-state index < -0.39 is 0 Å². The van der Waals surface area contributed by atoms with Crippen molar-refractivity contribution in [3.05, 3.63) is 95.8 Å². The molecule has 4 rings (SSSR count). The van der Waals surface area contributed by atoms with Crippen LogP contribution in [0.1, 0.15) is 101 Å². The van der Waals surface area contributed by atoms with Gasteiger partial charge in [0.2, 0.25) is 0 Å². The molecule has 1 heterocycles. The molecule has 0 amide bonds. The van der Waals surface area contributed by atoms with Crippen LogP contribution in [0.15, 0.2) is 83.4 Å². The number of rotatable bonds is 16. The van der Waals surface area contributed by atoms with Gasteiger partial charge < -0.3 is 9.84 Å². The van der Waals surface area contributed by atoms with Gasteiger partial charge in [-0.05, 0) is 60.2 Å². The second-order valence-corrected chi connectivity index (χ2v) is 10.6. The SMILES string of the molecule is CCCCCCCCC(CC)c1noc(-c2ccc(C(Cc3cccc(-c4ccccc4)c3)NCC)cc2)n1. The molecule has 4 heteroatoms. The smallest absolute Gasteiger partial charge is 0.257 e. The molecule has 1 N–H and O–H groups in total. The van der Waals surface area contributed by atoms with Gasteiger partial charge in [-0.25, -0.2) is 0 Å². The van der Waals surface area contributed by atoms with Crippen molar-refractivity contribution in [2.75, 3.05) is 6.54 Å². The van der Waals surface area contributed by atoms with E-state index in [0.29, 0.717) is 11.8 Å². The average Bonchev–Trinajstić information content (AvgIpc) is 3.47. The average molecular weight is 524 g/mol. The number of nitrogens with one attached hydrogen (secondary N) is 1. The first-order chi connectivity index (χ1) is 19.2. The maximum Gasteiger partial charge on any atom is 0.257 e. The first kappa shape index (κ1) is 28.8. The Bertz CT molecular complexity index is 1230. The molecule has 3 aromatic carbocycles. The summed E-state index contributed by atoms with van der Waals surface area (Å²) < 4.78 is 5.71. The maximum absolute atomic E-state index is 5.71. The summed E-state index contributed by atoms with van der Waals surface area (Å²) in [6.45, 7) is 7.57. The summed E-state index contributed by atoms with van der Waals surface area (Å²) in [6.07, 6.45) is 11.0. The van der Waals surface area contributed by atoms with Gasteiger partial charge >= 0.3 is 0 Å². The molecule has 1 aromatic heterocycles. The summed E-state index contributed by atoms with van der Waals surface area (Å²) in [5.74, 6) is 1.85. The number of aromatic nitrogens is 2. The Morgan fingerprint density at radius 3 is 2.23 bits per heavy atom. The van der Waals surface area contributed by atoms with Crippen LogP contribution in [0.2, 0.25) is 0 Å². The molecular weight excluding hydrogens is 478 g/mol. The predicted molar refractivity (Wildman–Crippen MR) is 163 cm³/mol. The van der Waals surface area contributed by atoms with E-state index in [1.807, 2.05) is 0 Å². The molecule has 4 aromatic rings. The maximum atomic E-state index is 5.71. The standard InChI is InChI=1S/C35H45N3O/c1-4-7-8-9-10-12-17-28(5-2)34-37-35(39-38-34)31-23-21-30(22-24-31)33(36-6-3)26-27-16-15-20-32(25-27)29-18-13-11-14-19-29/h11,13-16,18-25,28,33,36H,4-10,12,17,26H2,1-3H3. The molecule has 206 valence electrons. The first-order valence-corrected chi connectivity index (χ1v) is 15.0. The van der Waals surface area contributed by atoms with Crippen LogP contribution < -0.4 is 5.32 Å². The molecule has 0 saturated heterocycles. The molecule has 2 atom stereocenters. The van der Waals surface area contributed by atoms with Crippen LogP contribution in [-0.4, -0.2) is 16.7 Å². The van der Waals surface area contributed by atoms with Gasteiger partial charge in [-0.3, -0.25) is 0 Å². The Morgan fingerprint density at radius 2 is 1.49 bits per heavy atom. The molecule has 0 bridgehead atoms. The Balaban J connectivity index is 1.40. The number of hydrogen-bond acceptors (Lipinski definition) is 4.